The Hall–Kier alpha value is -1.62. The molecule has 0 radical (unpaired) electrons. The van der Waals surface area contributed by atoms with Crippen LogP contribution in [0.1, 0.15) is 20.3 Å². The number of carbonyl (C=O) groups is 2. The van der Waals surface area contributed by atoms with Crippen molar-refractivity contribution in [1.29, 1.82) is 0 Å². The van der Waals surface area contributed by atoms with Gasteiger partial charge in [-0.25, -0.2) is 4.79 Å². The van der Waals surface area contributed by atoms with Gasteiger partial charge in [0.1, 0.15) is 5.78 Å². The lowest BCUT2D eigenvalue weighted by Gasteiger charge is -2.25. The second-order valence-corrected chi connectivity index (χ2v) is 4.66. The number of allylic oxidation sites excluding steroid dienone is 2. The number of ether oxygens (including phenoxy) is 1. The number of fused-ring (bicyclic) bond motifs is 1. The van der Waals surface area contributed by atoms with Crippen molar-refractivity contribution in [2.75, 3.05) is 13.2 Å². The van der Waals surface area contributed by atoms with Gasteiger partial charge in [0.25, 0.3) is 0 Å². The van der Waals surface area contributed by atoms with Crippen molar-refractivity contribution in [3.63, 3.8) is 0 Å². The Morgan fingerprint density at radius 2 is 2.39 bits per heavy atom. The minimum Gasteiger partial charge on any atom is -0.478 e. The number of ketones is 1. The monoisotopic (exact) mass is 251 g/mol. The van der Waals surface area contributed by atoms with E-state index in [0.29, 0.717) is 19.6 Å². The number of rotatable bonds is 4. The van der Waals surface area contributed by atoms with Gasteiger partial charge in [-0.1, -0.05) is 11.6 Å². The number of carbonyl (C=O) groups excluding carboxylic acids is 1. The van der Waals surface area contributed by atoms with Gasteiger partial charge in [-0.3, -0.25) is 4.79 Å². The summed E-state index contributed by atoms with van der Waals surface area (Å²) in [6.07, 6.45) is 3.16. The normalized spacial score (nSPS) is 24.4. The maximum absolute atomic E-state index is 11.9. The number of carboxylic acid groups (broad SMARTS) is 1. The number of aliphatic carboxylic acids is 1. The molecule has 1 aliphatic carbocycles. The Balaban J connectivity index is 2.20. The van der Waals surface area contributed by atoms with E-state index in [4.69, 9.17) is 9.84 Å². The molecule has 2 atom stereocenters. The molecule has 18 heavy (non-hydrogen) atoms. The van der Waals surface area contributed by atoms with E-state index >= 15 is 0 Å². The van der Waals surface area contributed by atoms with Crippen molar-refractivity contribution in [2.24, 2.45) is 5.92 Å². The van der Waals surface area contributed by atoms with E-state index in [1.807, 2.05) is 13.0 Å². The molecule has 0 aromatic carbocycles. The van der Waals surface area contributed by atoms with E-state index in [2.05, 4.69) is 0 Å². The molecule has 1 heterocycles. The molecule has 0 saturated carbocycles. The molecule has 1 aliphatic heterocycles. The minimum absolute atomic E-state index is 0.157. The third-order valence-corrected chi connectivity index (χ3v) is 3.20. The number of nitrogens with zero attached hydrogens (tertiary/aromatic N) is 1. The van der Waals surface area contributed by atoms with E-state index in [0.717, 1.165) is 11.1 Å². The number of Topliss-reactive ketones (excluding diaryl/α,β-unsaturated/α-hetero) is 1. The summed E-state index contributed by atoms with van der Waals surface area (Å²) in [5.41, 5.74) is 1.92. The first-order valence-corrected chi connectivity index (χ1v) is 6.04. The van der Waals surface area contributed by atoms with Gasteiger partial charge in [0.2, 0.25) is 6.23 Å². The summed E-state index contributed by atoms with van der Waals surface area (Å²) in [6.45, 7) is 4.38. The minimum atomic E-state index is -1.03. The van der Waals surface area contributed by atoms with Crippen LogP contribution in [-0.2, 0) is 14.3 Å². The Bertz CT molecular complexity index is 438. The third-order valence-electron chi connectivity index (χ3n) is 3.20. The van der Waals surface area contributed by atoms with E-state index < -0.39 is 12.2 Å². The van der Waals surface area contributed by atoms with Crippen molar-refractivity contribution in [2.45, 2.75) is 26.5 Å². The molecule has 0 spiro atoms. The predicted octanol–water partition coefficient (Wildman–Crippen LogP) is 1.17. The van der Waals surface area contributed by atoms with Gasteiger partial charge >= 0.3 is 5.97 Å². The number of hydrogen-bond acceptors (Lipinski definition) is 4. The van der Waals surface area contributed by atoms with Crippen molar-refractivity contribution >= 4 is 11.8 Å². The number of carboxylic acids is 1. The highest BCUT2D eigenvalue weighted by atomic mass is 16.5. The molecule has 0 aromatic rings. The first-order valence-electron chi connectivity index (χ1n) is 6.04. The van der Waals surface area contributed by atoms with Crippen LogP contribution >= 0.6 is 0 Å². The molecular formula is C13H17NO4. The fourth-order valence-electron chi connectivity index (χ4n) is 2.44. The van der Waals surface area contributed by atoms with Crippen molar-refractivity contribution in [3.05, 3.63) is 23.4 Å². The van der Waals surface area contributed by atoms with Gasteiger partial charge in [-0.15, -0.1) is 0 Å². The van der Waals surface area contributed by atoms with Crippen LogP contribution in [0.5, 0.6) is 0 Å². The van der Waals surface area contributed by atoms with Gasteiger partial charge in [0, 0.05) is 25.8 Å². The highest BCUT2D eigenvalue weighted by molar-refractivity contribution is 5.89. The molecule has 0 saturated heterocycles. The average molecular weight is 251 g/mol. The largest absolute Gasteiger partial charge is 0.478 e. The molecule has 2 aliphatic rings. The van der Waals surface area contributed by atoms with E-state index in [-0.39, 0.29) is 11.7 Å². The average Bonchev–Trinajstić information content (AvgIpc) is 2.68. The summed E-state index contributed by atoms with van der Waals surface area (Å²) in [5.74, 6) is -1.07. The van der Waals surface area contributed by atoms with Gasteiger partial charge in [-0.05, 0) is 19.4 Å². The van der Waals surface area contributed by atoms with Crippen LogP contribution in [0.3, 0.4) is 0 Å². The molecule has 0 aromatic heterocycles. The van der Waals surface area contributed by atoms with Gasteiger partial charge in [0.15, 0.2) is 0 Å². The van der Waals surface area contributed by atoms with Gasteiger partial charge in [0.05, 0.1) is 5.92 Å². The predicted molar refractivity (Wildman–Crippen MR) is 64.7 cm³/mol. The SMILES string of the molecule is CCOC(C(=O)O)N1C=C2C=C(C)CC(=O)C2C1. The smallest absolute Gasteiger partial charge is 0.354 e. The number of hydrogen-bond donors (Lipinski definition) is 1. The van der Waals surface area contributed by atoms with Gasteiger partial charge < -0.3 is 14.7 Å². The summed E-state index contributed by atoms with van der Waals surface area (Å²) >= 11 is 0. The lowest BCUT2D eigenvalue weighted by molar-refractivity contribution is -0.161. The van der Waals surface area contributed by atoms with Crippen molar-refractivity contribution < 1.29 is 19.4 Å². The van der Waals surface area contributed by atoms with Crippen molar-refractivity contribution in [1.82, 2.24) is 4.90 Å². The van der Waals surface area contributed by atoms with Crippen molar-refractivity contribution in [3.8, 4) is 0 Å². The summed E-state index contributed by atoms with van der Waals surface area (Å²) in [4.78, 5) is 24.6. The highest BCUT2D eigenvalue weighted by Gasteiger charge is 2.37. The lowest BCUT2D eigenvalue weighted by Crippen LogP contribution is -2.40. The quantitative estimate of drug-likeness (QED) is 0.812. The van der Waals surface area contributed by atoms with E-state index in [1.54, 1.807) is 18.0 Å². The summed E-state index contributed by atoms with van der Waals surface area (Å²) in [5, 5.41) is 9.12. The van der Waals surface area contributed by atoms with Crippen LogP contribution in [0, 0.1) is 5.92 Å². The first kappa shape index (κ1) is 12.8. The maximum Gasteiger partial charge on any atom is 0.354 e. The molecule has 0 amide bonds. The molecule has 2 unspecified atom stereocenters. The van der Waals surface area contributed by atoms with E-state index in [1.165, 1.54) is 0 Å². The van der Waals surface area contributed by atoms with Crippen LogP contribution in [-0.4, -0.2) is 41.1 Å². The molecule has 0 bridgehead atoms. The third kappa shape index (κ3) is 2.31. The Labute approximate surface area is 106 Å². The summed E-state index contributed by atoms with van der Waals surface area (Å²) < 4.78 is 5.21. The van der Waals surface area contributed by atoms with Gasteiger partial charge in [-0.2, -0.15) is 0 Å². The second kappa shape index (κ2) is 4.94. The van der Waals surface area contributed by atoms with Crippen LogP contribution in [0.4, 0.5) is 0 Å². The fourth-order valence-corrected chi connectivity index (χ4v) is 2.44. The lowest BCUT2D eigenvalue weighted by atomic mass is 9.87. The molecular weight excluding hydrogens is 234 g/mol. The van der Waals surface area contributed by atoms with Crippen LogP contribution in [0.15, 0.2) is 23.4 Å². The zero-order valence-corrected chi connectivity index (χ0v) is 10.5. The maximum atomic E-state index is 11.9. The summed E-state index contributed by atoms with van der Waals surface area (Å²) in [6, 6.07) is 0. The first-order chi connectivity index (χ1) is 8.52. The van der Waals surface area contributed by atoms with Crippen LogP contribution in [0.2, 0.25) is 0 Å². The molecule has 1 N–H and O–H groups in total. The molecule has 2 rings (SSSR count). The molecule has 98 valence electrons. The topological polar surface area (TPSA) is 66.8 Å². The highest BCUT2D eigenvalue weighted by Crippen LogP contribution is 2.32. The molecule has 0 fully saturated rings. The van der Waals surface area contributed by atoms with E-state index in [9.17, 15) is 9.59 Å². The Kier molecular flexibility index (Phi) is 3.52. The summed E-state index contributed by atoms with van der Waals surface area (Å²) in [7, 11) is 0. The van der Waals surface area contributed by atoms with Crippen LogP contribution < -0.4 is 0 Å². The zero-order valence-electron chi connectivity index (χ0n) is 10.5. The standard InChI is InChI=1S/C13H17NO4/c1-3-18-12(13(16)17)14-6-9-4-8(2)5-11(15)10(9)7-14/h4,6,10,12H,3,5,7H2,1-2H3,(H,16,17). The molecule has 5 nitrogen and oxygen atoms in total. The Morgan fingerprint density at radius 1 is 1.67 bits per heavy atom. The van der Waals surface area contributed by atoms with Crippen LogP contribution in [0.25, 0.3) is 0 Å². The zero-order chi connectivity index (χ0) is 13.3. The Morgan fingerprint density at radius 3 is 3.00 bits per heavy atom. The second-order valence-electron chi connectivity index (χ2n) is 4.66. The fraction of sp³-hybridized carbons (Fsp3) is 0.538. The molecule has 5 heteroatoms.